The maximum absolute atomic E-state index is 6.19. The third-order valence-corrected chi connectivity index (χ3v) is 3.46. The molecule has 20 heavy (non-hydrogen) atoms. The number of ether oxygens (including phenoxy) is 1. The van der Waals surface area contributed by atoms with E-state index in [2.05, 4.69) is 32.7 Å². The Morgan fingerprint density at radius 1 is 1.35 bits per heavy atom. The molecular weight excluding hydrogens is 369 g/mol. The smallest absolute Gasteiger partial charge is 0.257 e. The van der Waals surface area contributed by atoms with Crippen molar-refractivity contribution in [3.8, 4) is 11.5 Å². The summed E-state index contributed by atoms with van der Waals surface area (Å²) in [5, 5.41) is 3.97. The second-order valence-electron chi connectivity index (χ2n) is 5.21. The monoisotopic (exact) mass is 387 g/mol. The van der Waals surface area contributed by atoms with Gasteiger partial charge in [-0.15, -0.1) is 0 Å². The summed E-state index contributed by atoms with van der Waals surface area (Å²) in [6.07, 6.45) is 0.112. The van der Waals surface area contributed by atoms with E-state index in [4.69, 9.17) is 15.0 Å². The van der Waals surface area contributed by atoms with Crippen LogP contribution in [0.5, 0.6) is 0 Å². The van der Waals surface area contributed by atoms with Gasteiger partial charge in [-0.1, -0.05) is 5.16 Å². The van der Waals surface area contributed by atoms with Crippen LogP contribution in [0.4, 0.5) is 0 Å². The van der Waals surface area contributed by atoms with Gasteiger partial charge in [0, 0.05) is 9.13 Å². The van der Waals surface area contributed by atoms with E-state index < -0.39 is 5.54 Å². The third kappa shape index (κ3) is 3.77. The lowest BCUT2D eigenvalue weighted by Gasteiger charge is -2.21. The van der Waals surface area contributed by atoms with Crippen molar-refractivity contribution in [2.24, 2.45) is 5.73 Å². The van der Waals surface area contributed by atoms with Crippen LogP contribution in [0.3, 0.4) is 0 Å². The van der Waals surface area contributed by atoms with E-state index in [1.165, 1.54) is 0 Å². The van der Waals surface area contributed by atoms with Crippen molar-refractivity contribution in [3.63, 3.8) is 0 Å². The van der Waals surface area contributed by atoms with E-state index in [-0.39, 0.29) is 6.10 Å². The average Bonchev–Trinajstić information content (AvgIpc) is 2.88. The quantitative estimate of drug-likeness (QED) is 0.799. The van der Waals surface area contributed by atoms with E-state index in [0.717, 1.165) is 9.13 Å². The van der Waals surface area contributed by atoms with E-state index in [9.17, 15) is 0 Å². The van der Waals surface area contributed by atoms with Crippen LogP contribution in [0, 0.1) is 3.57 Å². The summed E-state index contributed by atoms with van der Waals surface area (Å²) in [5.74, 6) is 0.921. The van der Waals surface area contributed by atoms with E-state index in [0.29, 0.717) is 18.3 Å². The minimum absolute atomic E-state index is 0.112. The summed E-state index contributed by atoms with van der Waals surface area (Å²) in [6, 6.07) is 7.86. The molecule has 0 spiro atoms. The average molecular weight is 387 g/mol. The lowest BCUT2D eigenvalue weighted by molar-refractivity contribution is 0.0410. The largest absolute Gasteiger partial charge is 0.376 e. The molecule has 0 radical (unpaired) electrons. The summed E-state index contributed by atoms with van der Waals surface area (Å²) < 4.78 is 12.0. The van der Waals surface area contributed by atoms with Crippen molar-refractivity contribution >= 4 is 22.6 Å². The molecule has 0 amide bonds. The third-order valence-electron chi connectivity index (χ3n) is 2.74. The highest BCUT2D eigenvalue weighted by Crippen LogP contribution is 2.22. The maximum Gasteiger partial charge on any atom is 0.257 e. The second-order valence-corrected chi connectivity index (χ2v) is 6.45. The molecule has 1 atom stereocenters. The summed E-state index contributed by atoms with van der Waals surface area (Å²) in [5.41, 5.74) is 6.30. The van der Waals surface area contributed by atoms with Gasteiger partial charge < -0.3 is 15.0 Å². The molecule has 0 bridgehead atoms. The molecule has 1 heterocycles. The van der Waals surface area contributed by atoms with Crippen LogP contribution in [0.2, 0.25) is 0 Å². The molecule has 6 heteroatoms. The Balaban J connectivity index is 2.17. The number of benzene rings is 1. The van der Waals surface area contributed by atoms with Gasteiger partial charge >= 0.3 is 0 Å². The first-order valence-electron chi connectivity index (χ1n) is 6.39. The molecule has 0 fully saturated rings. The lowest BCUT2D eigenvalue weighted by atomic mass is 10.1. The highest BCUT2D eigenvalue weighted by Gasteiger charge is 2.28. The molecule has 0 saturated heterocycles. The fourth-order valence-electron chi connectivity index (χ4n) is 1.57. The van der Waals surface area contributed by atoms with Crippen LogP contribution >= 0.6 is 22.6 Å². The second kappa shape index (κ2) is 6.19. The number of hydrogen-bond acceptors (Lipinski definition) is 5. The molecule has 1 unspecified atom stereocenters. The zero-order valence-corrected chi connectivity index (χ0v) is 13.9. The van der Waals surface area contributed by atoms with Crippen LogP contribution in [-0.4, -0.2) is 22.9 Å². The topological polar surface area (TPSA) is 74.2 Å². The van der Waals surface area contributed by atoms with Crippen molar-refractivity contribution in [3.05, 3.63) is 33.7 Å². The van der Waals surface area contributed by atoms with Crippen molar-refractivity contribution in [1.82, 2.24) is 10.1 Å². The number of halogens is 1. The predicted octanol–water partition coefficient (Wildman–Crippen LogP) is 2.94. The van der Waals surface area contributed by atoms with Crippen molar-refractivity contribution in [2.45, 2.75) is 32.4 Å². The van der Waals surface area contributed by atoms with Crippen LogP contribution in [0.15, 0.2) is 28.8 Å². The van der Waals surface area contributed by atoms with Gasteiger partial charge in [0.2, 0.25) is 0 Å². The zero-order valence-electron chi connectivity index (χ0n) is 11.8. The SMILES string of the molecule is CC(C)OCC(C)(N)c1noc(-c2ccc(I)cc2)n1. The fraction of sp³-hybridized carbons (Fsp3) is 0.429. The highest BCUT2D eigenvalue weighted by atomic mass is 127. The molecule has 0 aliphatic rings. The van der Waals surface area contributed by atoms with Crippen molar-refractivity contribution in [2.75, 3.05) is 6.61 Å². The van der Waals surface area contributed by atoms with Gasteiger partial charge in [-0.2, -0.15) is 4.98 Å². The van der Waals surface area contributed by atoms with Gasteiger partial charge in [0.1, 0.15) is 5.54 Å². The highest BCUT2D eigenvalue weighted by molar-refractivity contribution is 14.1. The summed E-state index contributed by atoms with van der Waals surface area (Å²) in [7, 11) is 0. The van der Waals surface area contributed by atoms with Gasteiger partial charge in [-0.05, 0) is 67.6 Å². The molecule has 2 rings (SSSR count). The lowest BCUT2D eigenvalue weighted by Crippen LogP contribution is -2.40. The van der Waals surface area contributed by atoms with E-state index >= 15 is 0 Å². The molecular formula is C14H18IN3O2. The van der Waals surface area contributed by atoms with Crippen molar-refractivity contribution in [1.29, 1.82) is 0 Å². The number of nitrogens with zero attached hydrogens (tertiary/aromatic N) is 2. The summed E-state index contributed by atoms with van der Waals surface area (Å²) in [6.45, 7) is 6.10. The Morgan fingerprint density at radius 2 is 2.00 bits per heavy atom. The Morgan fingerprint density at radius 3 is 2.60 bits per heavy atom. The van der Waals surface area contributed by atoms with E-state index in [1.807, 2.05) is 45.0 Å². The first kappa shape index (κ1) is 15.4. The predicted molar refractivity (Wildman–Crippen MR) is 85.1 cm³/mol. The molecule has 0 aliphatic carbocycles. The van der Waals surface area contributed by atoms with Crippen LogP contribution < -0.4 is 5.73 Å². The van der Waals surface area contributed by atoms with Gasteiger partial charge in [-0.3, -0.25) is 0 Å². The summed E-state index contributed by atoms with van der Waals surface area (Å²) >= 11 is 2.25. The first-order chi connectivity index (χ1) is 9.38. The molecule has 0 aliphatic heterocycles. The van der Waals surface area contributed by atoms with E-state index in [1.54, 1.807) is 0 Å². The number of aromatic nitrogens is 2. The summed E-state index contributed by atoms with van der Waals surface area (Å²) in [4.78, 5) is 4.37. The van der Waals surface area contributed by atoms with Crippen molar-refractivity contribution < 1.29 is 9.26 Å². The molecule has 1 aromatic heterocycles. The van der Waals surface area contributed by atoms with Gasteiger partial charge in [0.05, 0.1) is 12.7 Å². The standard InChI is InChI=1S/C14H18IN3O2/c1-9(2)19-8-14(3,16)13-17-12(20-18-13)10-4-6-11(15)7-5-10/h4-7,9H,8,16H2,1-3H3. The number of nitrogens with two attached hydrogens (primary N) is 1. The fourth-order valence-corrected chi connectivity index (χ4v) is 1.93. The van der Waals surface area contributed by atoms with Crippen LogP contribution in [0.25, 0.3) is 11.5 Å². The number of rotatable bonds is 5. The Bertz CT molecular complexity index is 564. The minimum Gasteiger partial charge on any atom is -0.376 e. The minimum atomic E-state index is -0.769. The molecule has 2 aromatic rings. The molecule has 2 N–H and O–H groups in total. The zero-order chi connectivity index (χ0) is 14.8. The normalized spacial score (nSPS) is 14.5. The first-order valence-corrected chi connectivity index (χ1v) is 7.47. The van der Waals surface area contributed by atoms with Gasteiger partial charge in [-0.25, -0.2) is 0 Å². The molecule has 1 aromatic carbocycles. The number of hydrogen-bond donors (Lipinski definition) is 1. The van der Waals surface area contributed by atoms with Gasteiger partial charge in [0.15, 0.2) is 5.82 Å². The Kier molecular flexibility index (Phi) is 4.77. The maximum atomic E-state index is 6.19. The molecule has 108 valence electrons. The van der Waals surface area contributed by atoms with Gasteiger partial charge in [0.25, 0.3) is 5.89 Å². The Hall–Kier alpha value is -0.990. The Labute approximate surface area is 132 Å². The molecule has 0 saturated carbocycles. The van der Waals surface area contributed by atoms with Crippen LogP contribution in [0.1, 0.15) is 26.6 Å². The van der Waals surface area contributed by atoms with Crippen LogP contribution in [-0.2, 0) is 10.3 Å². The molecule has 5 nitrogen and oxygen atoms in total.